The summed E-state index contributed by atoms with van der Waals surface area (Å²) in [6.07, 6.45) is 3.88. The number of carboxylic acid groups (broad SMARTS) is 1. The van der Waals surface area contributed by atoms with E-state index in [4.69, 9.17) is 10.8 Å². The molecule has 0 aromatic carbocycles. The number of allylic oxidation sites excluding steroid dienone is 3. The number of carboxylic acids is 1. The summed E-state index contributed by atoms with van der Waals surface area (Å²) in [5, 5.41) is 8.61. The lowest BCUT2D eigenvalue weighted by Crippen LogP contribution is -2.18. The molecule has 0 aromatic rings. The maximum Gasteiger partial charge on any atom is 0.310 e. The molecule has 0 aliphatic heterocycles. The second-order valence-electron chi connectivity index (χ2n) is 2.72. The van der Waals surface area contributed by atoms with Gasteiger partial charge in [-0.25, -0.2) is 0 Å². The zero-order chi connectivity index (χ0) is 8.43. The van der Waals surface area contributed by atoms with Gasteiger partial charge in [-0.15, -0.1) is 0 Å². The van der Waals surface area contributed by atoms with Crippen LogP contribution in [0.1, 0.15) is 13.3 Å². The van der Waals surface area contributed by atoms with E-state index in [0.717, 1.165) is 5.57 Å². The Morgan fingerprint density at radius 3 is 2.91 bits per heavy atom. The minimum absolute atomic E-state index is 0.432. The van der Waals surface area contributed by atoms with E-state index in [9.17, 15) is 4.79 Å². The van der Waals surface area contributed by atoms with Gasteiger partial charge in [-0.3, -0.25) is 4.79 Å². The third kappa shape index (κ3) is 1.61. The molecule has 1 unspecified atom stereocenters. The predicted octanol–water partition coefficient (Wildman–Crippen LogP) is 0.880. The number of carbonyl (C=O) groups is 1. The van der Waals surface area contributed by atoms with E-state index in [2.05, 4.69) is 0 Å². The van der Waals surface area contributed by atoms with Gasteiger partial charge in [-0.2, -0.15) is 0 Å². The summed E-state index contributed by atoms with van der Waals surface area (Å²) in [4.78, 5) is 10.5. The zero-order valence-electron chi connectivity index (χ0n) is 6.37. The first-order valence-electron chi connectivity index (χ1n) is 3.47. The number of rotatable bonds is 1. The van der Waals surface area contributed by atoms with Crippen LogP contribution in [0, 0.1) is 5.92 Å². The Morgan fingerprint density at radius 1 is 1.82 bits per heavy atom. The van der Waals surface area contributed by atoms with Crippen molar-refractivity contribution < 1.29 is 9.90 Å². The van der Waals surface area contributed by atoms with Crippen molar-refractivity contribution in [2.45, 2.75) is 13.3 Å². The van der Waals surface area contributed by atoms with Crippen molar-refractivity contribution in [3.05, 3.63) is 23.4 Å². The molecular weight excluding hydrogens is 142 g/mol. The molecule has 0 amide bonds. The standard InChI is InChI=1S/C8H11NO2/c1-5-2-3-6(8(10)11)4-7(5)9/h2-3,6H,4,9H2,1H3,(H,10,11). The van der Waals surface area contributed by atoms with Gasteiger partial charge >= 0.3 is 5.97 Å². The lowest BCUT2D eigenvalue weighted by molar-refractivity contribution is -0.140. The van der Waals surface area contributed by atoms with Gasteiger partial charge in [0, 0.05) is 12.1 Å². The molecule has 3 nitrogen and oxygen atoms in total. The summed E-state index contributed by atoms with van der Waals surface area (Å²) in [6, 6.07) is 0. The van der Waals surface area contributed by atoms with Gasteiger partial charge in [0.1, 0.15) is 0 Å². The summed E-state index contributed by atoms with van der Waals surface area (Å²) in [5.41, 5.74) is 7.23. The first-order valence-corrected chi connectivity index (χ1v) is 3.47. The minimum Gasteiger partial charge on any atom is -0.481 e. The van der Waals surface area contributed by atoms with Crippen LogP contribution in [-0.4, -0.2) is 11.1 Å². The summed E-state index contributed by atoms with van der Waals surface area (Å²) in [7, 11) is 0. The van der Waals surface area contributed by atoms with Crippen LogP contribution in [0.3, 0.4) is 0 Å². The maximum atomic E-state index is 10.5. The summed E-state index contributed by atoms with van der Waals surface area (Å²) in [6.45, 7) is 1.88. The Balaban J connectivity index is 2.74. The molecule has 1 aliphatic carbocycles. The van der Waals surface area contributed by atoms with E-state index in [1.807, 2.05) is 6.92 Å². The molecule has 0 fully saturated rings. The van der Waals surface area contributed by atoms with Crippen LogP contribution in [0.25, 0.3) is 0 Å². The molecule has 0 heterocycles. The van der Waals surface area contributed by atoms with Gasteiger partial charge < -0.3 is 10.8 Å². The Morgan fingerprint density at radius 2 is 2.45 bits per heavy atom. The van der Waals surface area contributed by atoms with Crippen LogP contribution >= 0.6 is 0 Å². The Kier molecular flexibility index (Phi) is 1.98. The second-order valence-corrected chi connectivity index (χ2v) is 2.72. The van der Waals surface area contributed by atoms with Gasteiger partial charge in [0.2, 0.25) is 0 Å². The summed E-state index contributed by atoms with van der Waals surface area (Å²) < 4.78 is 0. The molecule has 3 N–H and O–H groups in total. The Labute approximate surface area is 65.2 Å². The molecule has 0 saturated carbocycles. The molecule has 0 saturated heterocycles. The molecular formula is C8H11NO2. The molecule has 1 aliphatic rings. The topological polar surface area (TPSA) is 63.3 Å². The average molecular weight is 153 g/mol. The molecule has 0 bridgehead atoms. The predicted molar refractivity (Wildman–Crippen MR) is 41.8 cm³/mol. The second kappa shape index (κ2) is 2.78. The van der Waals surface area contributed by atoms with E-state index in [-0.39, 0.29) is 0 Å². The van der Waals surface area contributed by atoms with Crippen molar-refractivity contribution in [3.63, 3.8) is 0 Å². The molecule has 1 atom stereocenters. The first-order chi connectivity index (χ1) is 5.11. The fraction of sp³-hybridized carbons (Fsp3) is 0.375. The molecule has 1 rings (SSSR count). The van der Waals surface area contributed by atoms with Crippen LogP contribution in [0.15, 0.2) is 23.4 Å². The number of hydrogen-bond donors (Lipinski definition) is 2. The number of nitrogens with two attached hydrogens (primary N) is 1. The quantitative estimate of drug-likeness (QED) is 0.587. The highest BCUT2D eigenvalue weighted by atomic mass is 16.4. The minimum atomic E-state index is -0.809. The highest BCUT2D eigenvalue weighted by molar-refractivity contribution is 5.73. The summed E-state index contributed by atoms with van der Waals surface area (Å²) >= 11 is 0. The number of hydrogen-bond acceptors (Lipinski definition) is 2. The molecule has 60 valence electrons. The van der Waals surface area contributed by atoms with Crippen LogP contribution < -0.4 is 5.73 Å². The van der Waals surface area contributed by atoms with Crippen LogP contribution in [0.4, 0.5) is 0 Å². The van der Waals surface area contributed by atoms with Crippen LogP contribution in [0.5, 0.6) is 0 Å². The van der Waals surface area contributed by atoms with E-state index >= 15 is 0 Å². The monoisotopic (exact) mass is 153 g/mol. The maximum absolute atomic E-state index is 10.5. The third-order valence-electron chi connectivity index (χ3n) is 1.84. The highest BCUT2D eigenvalue weighted by Gasteiger charge is 2.18. The average Bonchev–Trinajstić information content (AvgIpc) is 1.94. The fourth-order valence-corrected chi connectivity index (χ4v) is 1.00. The molecule has 0 radical (unpaired) electrons. The van der Waals surface area contributed by atoms with Crippen molar-refractivity contribution in [2.75, 3.05) is 0 Å². The van der Waals surface area contributed by atoms with E-state index in [0.29, 0.717) is 12.1 Å². The van der Waals surface area contributed by atoms with E-state index in [1.54, 1.807) is 12.2 Å². The van der Waals surface area contributed by atoms with E-state index in [1.165, 1.54) is 0 Å². The van der Waals surface area contributed by atoms with Crippen molar-refractivity contribution in [1.82, 2.24) is 0 Å². The van der Waals surface area contributed by atoms with Crippen LogP contribution in [-0.2, 0) is 4.79 Å². The van der Waals surface area contributed by atoms with E-state index < -0.39 is 11.9 Å². The lowest BCUT2D eigenvalue weighted by Gasteiger charge is -2.14. The van der Waals surface area contributed by atoms with Crippen LogP contribution in [0.2, 0.25) is 0 Å². The first kappa shape index (κ1) is 7.85. The molecule has 0 spiro atoms. The van der Waals surface area contributed by atoms with Crippen molar-refractivity contribution in [1.29, 1.82) is 0 Å². The van der Waals surface area contributed by atoms with Gasteiger partial charge in [0.25, 0.3) is 0 Å². The largest absolute Gasteiger partial charge is 0.481 e. The van der Waals surface area contributed by atoms with Gasteiger partial charge in [0.15, 0.2) is 0 Å². The number of aliphatic carboxylic acids is 1. The molecule has 11 heavy (non-hydrogen) atoms. The summed E-state index contributed by atoms with van der Waals surface area (Å²) in [5.74, 6) is -1.24. The van der Waals surface area contributed by atoms with Crippen molar-refractivity contribution in [2.24, 2.45) is 11.7 Å². The molecule has 0 aromatic heterocycles. The normalized spacial score (nSPS) is 23.9. The highest BCUT2D eigenvalue weighted by Crippen LogP contribution is 2.19. The van der Waals surface area contributed by atoms with Gasteiger partial charge in [-0.1, -0.05) is 12.2 Å². The van der Waals surface area contributed by atoms with Gasteiger partial charge in [-0.05, 0) is 12.5 Å². The van der Waals surface area contributed by atoms with Crippen molar-refractivity contribution in [3.8, 4) is 0 Å². The zero-order valence-corrected chi connectivity index (χ0v) is 6.37. The smallest absolute Gasteiger partial charge is 0.310 e. The SMILES string of the molecule is CC1=C(N)CC(C(=O)O)C=C1. The Hall–Kier alpha value is -1.25. The molecule has 3 heteroatoms. The lowest BCUT2D eigenvalue weighted by atomic mass is 9.95. The fourth-order valence-electron chi connectivity index (χ4n) is 1.00. The Bertz CT molecular complexity index is 240. The third-order valence-corrected chi connectivity index (χ3v) is 1.84. The van der Waals surface area contributed by atoms with Gasteiger partial charge in [0.05, 0.1) is 5.92 Å². The van der Waals surface area contributed by atoms with Crippen molar-refractivity contribution >= 4 is 5.97 Å².